The number of aliphatic carboxylic acids is 1. The van der Waals surface area contributed by atoms with Crippen LogP contribution in [0.15, 0.2) is 59.2 Å². The molecule has 4 N–H and O–H groups in total. The number of nitrogens with zero attached hydrogens (tertiary/aromatic N) is 5. The maximum absolute atomic E-state index is 14.4. The molecule has 12 heteroatoms. The second-order valence-electron chi connectivity index (χ2n) is 10.9. The third kappa shape index (κ3) is 4.19. The highest BCUT2D eigenvalue weighted by atomic mass is 19.1. The summed E-state index contributed by atoms with van der Waals surface area (Å²) in [6.45, 7) is 4.95. The molecule has 1 aliphatic heterocycles. The molecule has 0 saturated carbocycles. The summed E-state index contributed by atoms with van der Waals surface area (Å²) in [6, 6.07) is 13.9. The predicted octanol–water partition coefficient (Wildman–Crippen LogP) is 4.16. The molecular weight excluding hydrogens is 529 g/mol. The van der Waals surface area contributed by atoms with E-state index < -0.39 is 22.7 Å². The number of amides is 1. The lowest BCUT2D eigenvalue weighted by Crippen LogP contribution is -2.33. The monoisotopic (exact) mass is 555 g/mol. The Balaban J connectivity index is 1.41. The Kier molecular flexibility index (Phi) is 5.87. The molecule has 5 aromatic rings. The maximum Gasteiger partial charge on any atom is 0.309 e. The number of nitrogens with one attached hydrogen (secondary N) is 1. The highest BCUT2D eigenvalue weighted by Gasteiger charge is 2.51. The van der Waals surface area contributed by atoms with E-state index in [9.17, 15) is 19.1 Å². The molecule has 2 aromatic carbocycles. The molecule has 0 spiro atoms. The average molecular weight is 556 g/mol. The van der Waals surface area contributed by atoms with Gasteiger partial charge in [0.25, 0.3) is 0 Å². The van der Waals surface area contributed by atoms with E-state index in [2.05, 4.69) is 20.3 Å². The van der Waals surface area contributed by atoms with E-state index in [0.29, 0.717) is 22.5 Å². The molecular formula is C29H26FN7O4. The van der Waals surface area contributed by atoms with Crippen molar-refractivity contribution in [3.8, 4) is 11.5 Å². The molecule has 1 amide bonds. The number of halogens is 1. The Hall–Kier alpha value is -5.13. The van der Waals surface area contributed by atoms with Crippen molar-refractivity contribution in [2.45, 2.75) is 39.2 Å². The molecule has 11 nitrogen and oxygen atoms in total. The van der Waals surface area contributed by atoms with Crippen LogP contribution < -0.4 is 11.1 Å². The van der Waals surface area contributed by atoms with Crippen molar-refractivity contribution in [1.82, 2.24) is 24.7 Å². The first kappa shape index (κ1) is 26.1. The van der Waals surface area contributed by atoms with Gasteiger partial charge >= 0.3 is 5.97 Å². The molecule has 1 aliphatic rings. The van der Waals surface area contributed by atoms with Crippen LogP contribution >= 0.6 is 0 Å². The second kappa shape index (κ2) is 9.22. The number of aromatic nitrogens is 5. The van der Waals surface area contributed by atoms with Gasteiger partial charge in [0.05, 0.1) is 28.7 Å². The van der Waals surface area contributed by atoms with Gasteiger partial charge in [-0.25, -0.2) is 19.3 Å². The van der Waals surface area contributed by atoms with Gasteiger partial charge in [0, 0.05) is 17.4 Å². The first-order valence-corrected chi connectivity index (χ1v) is 12.9. The van der Waals surface area contributed by atoms with E-state index in [1.807, 2.05) is 24.3 Å². The zero-order valence-electron chi connectivity index (χ0n) is 22.5. The van der Waals surface area contributed by atoms with Crippen molar-refractivity contribution in [3.05, 3.63) is 83.3 Å². The Morgan fingerprint density at radius 3 is 2.63 bits per heavy atom. The van der Waals surface area contributed by atoms with Crippen LogP contribution in [0.2, 0.25) is 0 Å². The van der Waals surface area contributed by atoms with E-state index >= 15 is 0 Å². The number of carbonyl (C=O) groups is 2. The van der Waals surface area contributed by atoms with E-state index in [-0.39, 0.29) is 42.1 Å². The largest absolute Gasteiger partial charge is 0.481 e. The maximum atomic E-state index is 14.4. The number of para-hydroxylation sites is 1. The van der Waals surface area contributed by atoms with Crippen LogP contribution in [0.1, 0.15) is 43.5 Å². The Morgan fingerprint density at radius 2 is 1.88 bits per heavy atom. The summed E-state index contributed by atoms with van der Waals surface area (Å²) in [5.74, 6) is -1.33. The smallest absolute Gasteiger partial charge is 0.309 e. The minimum Gasteiger partial charge on any atom is -0.481 e. The van der Waals surface area contributed by atoms with Crippen LogP contribution in [-0.4, -0.2) is 41.7 Å². The predicted molar refractivity (Wildman–Crippen MR) is 147 cm³/mol. The van der Waals surface area contributed by atoms with Crippen LogP contribution in [0.4, 0.5) is 16.0 Å². The molecule has 0 aliphatic carbocycles. The van der Waals surface area contributed by atoms with Crippen LogP contribution in [0.25, 0.3) is 22.4 Å². The molecule has 6 rings (SSSR count). The number of oxazole rings is 1. The van der Waals surface area contributed by atoms with E-state index in [0.717, 1.165) is 10.9 Å². The van der Waals surface area contributed by atoms with Gasteiger partial charge in [-0.05, 0) is 32.9 Å². The highest BCUT2D eigenvalue weighted by Crippen LogP contribution is 2.45. The zero-order chi connectivity index (χ0) is 29.1. The van der Waals surface area contributed by atoms with Crippen molar-refractivity contribution in [3.63, 3.8) is 0 Å². The summed E-state index contributed by atoms with van der Waals surface area (Å²) in [7, 11) is 0. The Morgan fingerprint density at radius 1 is 1.15 bits per heavy atom. The normalized spacial score (nSPS) is 16.6. The zero-order valence-corrected chi connectivity index (χ0v) is 22.5. The van der Waals surface area contributed by atoms with Crippen molar-refractivity contribution < 1.29 is 23.5 Å². The molecule has 3 aromatic heterocycles. The van der Waals surface area contributed by atoms with Gasteiger partial charge in [-0.1, -0.05) is 36.4 Å². The number of benzene rings is 2. The van der Waals surface area contributed by atoms with Crippen molar-refractivity contribution in [1.29, 1.82) is 0 Å². The molecule has 0 radical (unpaired) electrons. The summed E-state index contributed by atoms with van der Waals surface area (Å²) < 4.78 is 21.8. The number of fused-ring (bicyclic) bond motifs is 2. The molecule has 1 atom stereocenters. The first-order chi connectivity index (χ1) is 19.5. The number of carboxylic acid groups (broad SMARTS) is 1. The topological polar surface area (TPSA) is 162 Å². The number of carboxylic acids is 1. The minimum absolute atomic E-state index is 0.0317. The van der Waals surface area contributed by atoms with Gasteiger partial charge in [-0.15, -0.1) is 0 Å². The third-order valence-corrected chi connectivity index (χ3v) is 7.45. The SMILES string of the molecule is CC(C)(Cc1coc([C@]2(C)C(=O)Nc3nc(-c4nn(Cc5ccccc5F)c5ccccc45)nc(N)c32)n1)C(=O)O. The van der Waals surface area contributed by atoms with Crippen LogP contribution in [0, 0.1) is 11.2 Å². The lowest BCUT2D eigenvalue weighted by atomic mass is 9.84. The molecule has 208 valence electrons. The van der Waals surface area contributed by atoms with Crippen molar-refractivity contribution in [2.75, 3.05) is 11.1 Å². The fourth-order valence-electron chi connectivity index (χ4n) is 5.06. The van der Waals surface area contributed by atoms with E-state index in [1.54, 1.807) is 43.7 Å². The van der Waals surface area contributed by atoms with Crippen LogP contribution in [0.3, 0.4) is 0 Å². The fourth-order valence-corrected chi connectivity index (χ4v) is 5.06. The van der Waals surface area contributed by atoms with Crippen LogP contribution in [0.5, 0.6) is 0 Å². The number of nitrogens with two attached hydrogens (primary N) is 1. The lowest BCUT2D eigenvalue weighted by Gasteiger charge is -2.19. The summed E-state index contributed by atoms with van der Waals surface area (Å²) in [4.78, 5) is 38.5. The quantitative estimate of drug-likeness (QED) is 0.268. The standard InChI is InChI=1S/C29H26FN7O4/c1-28(2,27(39)40)12-16-14-41-26(32-16)29(3)20-22(31)33-24(34-23(20)35-25(29)38)21-17-9-5-7-11-19(17)37(36-21)13-15-8-4-6-10-18(15)30/h4-11,14H,12-13H2,1-3H3,(H,39,40)(H3,31,33,34,35,38)/t29-/m0/s1. The van der Waals surface area contributed by atoms with Gasteiger partial charge in [0.1, 0.15) is 29.4 Å². The van der Waals surface area contributed by atoms with Crippen molar-refractivity contribution >= 4 is 34.4 Å². The van der Waals surface area contributed by atoms with Gasteiger partial charge in [-0.2, -0.15) is 5.10 Å². The van der Waals surface area contributed by atoms with Gasteiger partial charge in [0.15, 0.2) is 11.2 Å². The molecule has 0 saturated heterocycles. The second-order valence-corrected chi connectivity index (χ2v) is 10.9. The third-order valence-electron chi connectivity index (χ3n) is 7.45. The molecule has 0 unspecified atom stereocenters. The van der Waals surface area contributed by atoms with E-state index in [1.165, 1.54) is 12.3 Å². The fraction of sp³-hybridized carbons (Fsp3) is 0.241. The highest BCUT2D eigenvalue weighted by molar-refractivity contribution is 6.08. The first-order valence-electron chi connectivity index (χ1n) is 12.9. The number of nitrogen functional groups attached to an aromatic ring is 1. The van der Waals surface area contributed by atoms with Crippen molar-refractivity contribution in [2.24, 2.45) is 5.41 Å². The summed E-state index contributed by atoms with van der Waals surface area (Å²) >= 11 is 0. The number of carbonyl (C=O) groups excluding carboxylic acids is 1. The number of anilines is 2. The Bertz CT molecular complexity index is 1860. The number of hydrogen-bond acceptors (Lipinski definition) is 8. The van der Waals surface area contributed by atoms with Gasteiger partial charge in [0.2, 0.25) is 11.8 Å². The Labute approximate surface area is 233 Å². The van der Waals surface area contributed by atoms with Gasteiger partial charge < -0.3 is 20.6 Å². The van der Waals surface area contributed by atoms with Gasteiger partial charge in [-0.3, -0.25) is 14.3 Å². The summed E-state index contributed by atoms with van der Waals surface area (Å²) in [5, 5.41) is 17.7. The summed E-state index contributed by atoms with van der Waals surface area (Å²) in [5.41, 5.74) is 6.25. The lowest BCUT2D eigenvalue weighted by molar-refractivity contribution is -0.146. The average Bonchev–Trinajstić information content (AvgIpc) is 3.61. The molecule has 41 heavy (non-hydrogen) atoms. The van der Waals surface area contributed by atoms with E-state index in [4.69, 9.17) is 15.2 Å². The molecule has 0 bridgehead atoms. The minimum atomic E-state index is -1.45. The number of rotatable bonds is 7. The number of hydrogen-bond donors (Lipinski definition) is 3. The van der Waals surface area contributed by atoms with Crippen LogP contribution in [-0.2, 0) is 28.0 Å². The molecule has 0 fully saturated rings. The summed E-state index contributed by atoms with van der Waals surface area (Å²) in [6.07, 6.45) is 1.44. The molecule has 4 heterocycles.